The van der Waals surface area contributed by atoms with Gasteiger partial charge in [-0.15, -0.1) is 0 Å². The Balaban J connectivity index is 2.06. The number of carbonyl (C=O) groups excluding carboxylic acids is 2. The molecule has 2 aromatic carbocycles. The molecule has 0 aromatic heterocycles. The van der Waals surface area contributed by atoms with Crippen molar-refractivity contribution in [2.45, 2.75) is 13.8 Å². The maximum Gasteiger partial charge on any atom is 0.277 e. The molecule has 0 N–H and O–H groups in total. The van der Waals surface area contributed by atoms with Crippen molar-refractivity contribution in [3.05, 3.63) is 63.1 Å². The Morgan fingerprint density at radius 2 is 1.68 bits per heavy atom. The van der Waals surface area contributed by atoms with Crippen LogP contribution in [0.2, 0.25) is 5.02 Å². The van der Waals surface area contributed by atoms with Gasteiger partial charge in [-0.05, 0) is 43.2 Å². The van der Waals surface area contributed by atoms with Crippen molar-refractivity contribution in [1.82, 2.24) is 0 Å². The van der Waals surface area contributed by atoms with Gasteiger partial charge in [-0.3, -0.25) is 9.59 Å². The van der Waals surface area contributed by atoms with Crippen molar-refractivity contribution in [1.29, 1.82) is 0 Å². The Kier molecular flexibility index (Phi) is 4.58. The second kappa shape index (κ2) is 6.54. The zero-order chi connectivity index (χ0) is 18.3. The number of imide groups is 1. The van der Waals surface area contributed by atoms with E-state index in [-0.39, 0.29) is 10.6 Å². The van der Waals surface area contributed by atoms with Gasteiger partial charge in [-0.25, -0.2) is 4.90 Å². The highest BCUT2D eigenvalue weighted by molar-refractivity contribution is 6.60. The number of aryl methyl sites for hydroxylation is 2. The van der Waals surface area contributed by atoms with Crippen LogP contribution in [0.25, 0.3) is 5.57 Å². The summed E-state index contributed by atoms with van der Waals surface area (Å²) >= 11 is 12.3. The molecular weight excluding hydrogens is 361 g/mol. The zero-order valence-corrected chi connectivity index (χ0v) is 15.4. The molecule has 0 radical (unpaired) electrons. The first-order valence-electron chi connectivity index (χ1n) is 7.55. The lowest BCUT2D eigenvalue weighted by Gasteiger charge is -2.16. The van der Waals surface area contributed by atoms with E-state index in [1.54, 1.807) is 18.2 Å². The number of nitrogens with zero attached hydrogens (tertiary/aromatic N) is 1. The van der Waals surface area contributed by atoms with E-state index >= 15 is 0 Å². The molecule has 0 fully saturated rings. The number of halogens is 2. The molecule has 0 atom stereocenters. The Morgan fingerprint density at radius 1 is 0.960 bits per heavy atom. The molecule has 0 unspecified atom stereocenters. The third-order valence-electron chi connectivity index (χ3n) is 4.07. The second-order valence-corrected chi connectivity index (χ2v) is 6.56. The van der Waals surface area contributed by atoms with Crippen LogP contribution in [-0.4, -0.2) is 18.9 Å². The molecular formula is C19H15Cl2NO3. The minimum Gasteiger partial charge on any atom is -0.495 e. The van der Waals surface area contributed by atoms with Crippen LogP contribution >= 0.6 is 23.2 Å². The fourth-order valence-corrected chi connectivity index (χ4v) is 3.38. The van der Waals surface area contributed by atoms with E-state index in [0.29, 0.717) is 22.0 Å². The van der Waals surface area contributed by atoms with Crippen LogP contribution in [0.4, 0.5) is 5.69 Å². The number of carbonyl (C=O) groups is 2. The van der Waals surface area contributed by atoms with Crippen molar-refractivity contribution >= 4 is 46.3 Å². The largest absolute Gasteiger partial charge is 0.495 e. The fourth-order valence-electron chi connectivity index (χ4n) is 2.86. The molecule has 1 aliphatic heterocycles. The van der Waals surface area contributed by atoms with E-state index in [1.165, 1.54) is 13.2 Å². The average Bonchev–Trinajstić information content (AvgIpc) is 2.78. The summed E-state index contributed by atoms with van der Waals surface area (Å²) in [4.78, 5) is 26.5. The summed E-state index contributed by atoms with van der Waals surface area (Å²) in [5.41, 5.74) is 3.14. The first-order valence-corrected chi connectivity index (χ1v) is 8.30. The summed E-state index contributed by atoms with van der Waals surface area (Å²) in [5, 5.41) is 0.209. The minimum absolute atomic E-state index is 0.0936. The average molecular weight is 376 g/mol. The first-order chi connectivity index (χ1) is 11.8. The maximum absolute atomic E-state index is 12.9. The quantitative estimate of drug-likeness (QED) is 0.742. The maximum atomic E-state index is 12.9. The molecule has 0 saturated heterocycles. The molecule has 0 spiro atoms. The second-order valence-electron chi connectivity index (χ2n) is 5.77. The van der Waals surface area contributed by atoms with Gasteiger partial charge in [-0.1, -0.05) is 47.0 Å². The molecule has 2 aromatic rings. The molecule has 0 saturated carbocycles. The number of amides is 2. The van der Waals surface area contributed by atoms with Crippen LogP contribution in [0.3, 0.4) is 0 Å². The third kappa shape index (κ3) is 2.92. The Labute approximate surface area is 155 Å². The number of benzene rings is 2. The summed E-state index contributed by atoms with van der Waals surface area (Å²) < 4.78 is 5.10. The van der Waals surface area contributed by atoms with Crippen LogP contribution in [-0.2, 0) is 9.59 Å². The number of methoxy groups -OCH3 is 1. The van der Waals surface area contributed by atoms with Gasteiger partial charge in [0.15, 0.2) is 0 Å². The highest BCUT2D eigenvalue weighted by atomic mass is 35.5. The predicted molar refractivity (Wildman–Crippen MR) is 99.2 cm³/mol. The molecule has 3 rings (SSSR count). The summed E-state index contributed by atoms with van der Waals surface area (Å²) in [6.45, 7) is 3.84. The van der Waals surface area contributed by atoms with Gasteiger partial charge < -0.3 is 4.74 Å². The Morgan fingerprint density at radius 3 is 2.28 bits per heavy atom. The SMILES string of the molecule is COc1ccc(N2C(=O)C(Cl)=C(c3ccc(C)cc3C)C2=O)cc1Cl. The fraction of sp³-hybridized carbons (Fsp3) is 0.158. The Bertz CT molecular complexity index is 934. The number of hydrogen-bond acceptors (Lipinski definition) is 3. The molecule has 128 valence electrons. The number of rotatable bonds is 3. The molecule has 4 nitrogen and oxygen atoms in total. The van der Waals surface area contributed by atoms with Crippen molar-refractivity contribution in [2.24, 2.45) is 0 Å². The monoisotopic (exact) mass is 375 g/mol. The lowest BCUT2D eigenvalue weighted by atomic mass is 9.99. The molecule has 0 aliphatic carbocycles. The van der Waals surface area contributed by atoms with E-state index < -0.39 is 11.8 Å². The number of ether oxygens (including phenoxy) is 1. The van der Waals surface area contributed by atoms with Crippen LogP contribution in [0.15, 0.2) is 41.4 Å². The lowest BCUT2D eigenvalue weighted by Crippen LogP contribution is -2.31. The van der Waals surface area contributed by atoms with Gasteiger partial charge in [-0.2, -0.15) is 0 Å². The van der Waals surface area contributed by atoms with E-state index in [4.69, 9.17) is 27.9 Å². The normalized spacial score (nSPS) is 14.5. The van der Waals surface area contributed by atoms with Crippen LogP contribution < -0.4 is 9.64 Å². The molecule has 0 bridgehead atoms. The standard InChI is InChI=1S/C19H15Cl2NO3/c1-10-4-6-13(11(2)8-10)16-17(21)19(24)22(18(16)23)12-5-7-15(25-3)14(20)9-12/h4-9H,1-3H3. The van der Waals surface area contributed by atoms with Gasteiger partial charge in [0.2, 0.25) is 0 Å². The molecule has 6 heteroatoms. The van der Waals surface area contributed by atoms with Gasteiger partial charge in [0.05, 0.1) is 23.4 Å². The number of anilines is 1. The van der Waals surface area contributed by atoms with E-state index in [9.17, 15) is 9.59 Å². The zero-order valence-electron chi connectivity index (χ0n) is 13.9. The van der Waals surface area contributed by atoms with Crippen LogP contribution in [0.1, 0.15) is 16.7 Å². The van der Waals surface area contributed by atoms with Gasteiger partial charge in [0.25, 0.3) is 11.8 Å². The minimum atomic E-state index is -0.567. The summed E-state index contributed by atoms with van der Waals surface area (Å²) in [7, 11) is 1.49. The van der Waals surface area contributed by atoms with Crippen LogP contribution in [0.5, 0.6) is 5.75 Å². The molecule has 1 aliphatic rings. The van der Waals surface area contributed by atoms with E-state index in [0.717, 1.165) is 16.0 Å². The van der Waals surface area contributed by atoms with Gasteiger partial charge in [0.1, 0.15) is 10.8 Å². The summed E-state index contributed by atoms with van der Waals surface area (Å²) in [5.74, 6) is -0.579. The smallest absolute Gasteiger partial charge is 0.277 e. The van der Waals surface area contributed by atoms with Crippen molar-refractivity contribution in [3.8, 4) is 5.75 Å². The van der Waals surface area contributed by atoms with Crippen molar-refractivity contribution < 1.29 is 14.3 Å². The van der Waals surface area contributed by atoms with Gasteiger partial charge in [0, 0.05) is 0 Å². The summed E-state index contributed by atoms with van der Waals surface area (Å²) in [6.07, 6.45) is 0. The van der Waals surface area contributed by atoms with E-state index in [2.05, 4.69) is 0 Å². The highest BCUT2D eigenvalue weighted by Crippen LogP contribution is 2.38. The molecule has 1 heterocycles. The van der Waals surface area contributed by atoms with Crippen molar-refractivity contribution in [3.63, 3.8) is 0 Å². The van der Waals surface area contributed by atoms with E-state index in [1.807, 2.05) is 26.0 Å². The Hall–Kier alpha value is -2.30. The molecule has 25 heavy (non-hydrogen) atoms. The molecule has 2 amide bonds. The third-order valence-corrected chi connectivity index (χ3v) is 4.72. The highest BCUT2D eigenvalue weighted by Gasteiger charge is 2.39. The predicted octanol–water partition coefficient (Wildman–Crippen LogP) is 4.49. The van der Waals surface area contributed by atoms with Crippen molar-refractivity contribution in [2.75, 3.05) is 12.0 Å². The first kappa shape index (κ1) is 17.5. The topological polar surface area (TPSA) is 46.6 Å². The number of hydrogen-bond donors (Lipinski definition) is 0. The van der Waals surface area contributed by atoms with Gasteiger partial charge >= 0.3 is 0 Å². The van der Waals surface area contributed by atoms with Crippen LogP contribution in [0, 0.1) is 13.8 Å². The summed E-state index contributed by atoms with van der Waals surface area (Å²) in [6, 6.07) is 10.3. The lowest BCUT2D eigenvalue weighted by molar-refractivity contribution is -0.119.